The van der Waals surface area contributed by atoms with Crippen LogP contribution in [0.1, 0.15) is 16.1 Å². The molecule has 1 heterocycles. The molecular formula is C17H13ClN4O3. The molecule has 126 valence electrons. The zero-order valence-corrected chi connectivity index (χ0v) is 13.6. The van der Waals surface area contributed by atoms with Crippen LogP contribution in [0.25, 0.3) is 10.8 Å². The predicted octanol–water partition coefficient (Wildman–Crippen LogP) is 1.58. The van der Waals surface area contributed by atoms with Crippen LogP contribution in [0, 0.1) is 0 Å². The summed E-state index contributed by atoms with van der Waals surface area (Å²) in [5.41, 5.74) is 5.03. The van der Waals surface area contributed by atoms with E-state index in [-0.39, 0.29) is 12.0 Å². The van der Waals surface area contributed by atoms with E-state index in [1.807, 2.05) is 0 Å². The van der Waals surface area contributed by atoms with Crippen LogP contribution in [-0.4, -0.2) is 22.0 Å². The van der Waals surface area contributed by atoms with Gasteiger partial charge in [0.25, 0.3) is 11.5 Å². The van der Waals surface area contributed by atoms with E-state index in [0.29, 0.717) is 27.1 Å². The van der Waals surface area contributed by atoms with Crippen LogP contribution in [0.4, 0.5) is 0 Å². The van der Waals surface area contributed by atoms with Gasteiger partial charge in [0.15, 0.2) is 0 Å². The largest absolute Gasteiger partial charge is 0.273 e. The van der Waals surface area contributed by atoms with Crippen LogP contribution >= 0.6 is 11.6 Å². The Bertz CT molecular complexity index is 1020. The predicted molar refractivity (Wildman–Crippen MR) is 93.1 cm³/mol. The molecule has 0 fully saturated rings. The molecule has 0 bridgehead atoms. The van der Waals surface area contributed by atoms with E-state index < -0.39 is 11.8 Å². The molecule has 7 nitrogen and oxygen atoms in total. The number of carbonyl (C=O) groups is 2. The summed E-state index contributed by atoms with van der Waals surface area (Å²) >= 11 is 5.82. The Labute approximate surface area is 147 Å². The molecule has 1 aromatic heterocycles. The topological polar surface area (TPSA) is 104 Å². The number of halogens is 1. The third kappa shape index (κ3) is 3.84. The fraction of sp³-hybridized carbons (Fsp3) is 0.0588. The second-order valence-electron chi connectivity index (χ2n) is 5.23. The van der Waals surface area contributed by atoms with E-state index in [1.54, 1.807) is 42.5 Å². The van der Waals surface area contributed by atoms with Crippen molar-refractivity contribution in [2.24, 2.45) is 0 Å². The Morgan fingerprint density at radius 3 is 2.56 bits per heavy atom. The first-order chi connectivity index (χ1) is 12.0. The molecule has 0 radical (unpaired) electrons. The first-order valence-corrected chi connectivity index (χ1v) is 7.73. The molecular weight excluding hydrogens is 344 g/mol. The summed E-state index contributed by atoms with van der Waals surface area (Å²) in [5, 5.41) is 7.72. The smallest absolute Gasteiger partial charge is 0.272 e. The number of carbonyl (C=O) groups excluding carboxylic acids is 2. The molecule has 2 amide bonds. The normalized spacial score (nSPS) is 10.4. The van der Waals surface area contributed by atoms with Gasteiger partial charge in [0.2, 0.25) is 5.91 Å². The zero-order chi connectivity index (χ0) is 17.8. The van der Waals surface area contributed by atoms with Crippen molar-refractivity contribution in [3.8, 4) is 0 Å². The summed E-state index contributed by atoms with van der Waals surface area (Å²) in [4.78, 5) is 35.8. The molecule has 25 heavy (non-hydrogen) atoms. The summed E-state index contributed by atoms with van der Waals surface area (Å²) in [6.45, 7) is 0. The molecule has 0 saturated carbocycles. The lowest BCUT2D eigenvalue weighted by atomic mass is 10.1. The molecule has 3 rings (SSSR count). The fourth-order valence-corrected chi connectivity index (χ4v) is 2.52. The molecule has 0 saturated heterocycles. The van der Waals surface area contributed by atoms with Gasteiger partial charge < -0.3 is 0 Å². The maximum absolute atomic E-state index is 12.1. The lowest BCUT2D eigenvalue weighted by Gasteiger charge is -2.08. The Hall–Kier alpha value is -3.19. The number of benzene rings is 2. The second-order valence-corrected chi connectivity index (χ2v) is 5.67. The van der Waals surface area contributed by atoms with Gasteiger partial charge in [0.1, 0.15) is 0 Å². The molecule has 0 atom stereocenters. The number of H-pyrrole nitrogens is 1. The number of aromatic nitrogens is 2. The Kier molecular flexibility index (Phi) is 4.76. The maximum Gasteiger partial charge on any atom is 0.272 e. The Morgan fingerprint density at radius 1 is 1.04 bits per heavy atom. The first kappa shape index (κ1) is 16.7. The number of amides is 2. The summed E-state index contributed by atoms with van der Waals surface area (Å²) in [7, 11) is 0. The number of rotatable bonds is 3. The van der Waals surface area contributed by atoms with Crippen molar-refractivity contribution in [2.75, 3.05) is 0 Å². The minimum atomic E-state index is -0.491. The van der Waals surface area contributed by atoms with E-state index in [1.165, 1.54) is 6.07 Å². The van der Waals surface area contributed by atoms with Gasteiger partial charge in [0.05, 0.1) is 17.5 Å². The van der Waals surface area contributed by atoms with Crippen molar-refractivity contribution in [3.05, 3.63) is 75.2 Å². The van der Waals surface area contributed by atoms with Gasteiger partial charge in [-0.3, -0.25) is 25.2 Å². The number of fused-ring (bicyclic) bond motifs is 1. The minimum absolute atomic E-state index is 0.104. The highest BCUT2D eigenvalue weighted by molar-refractivity contribution is 6.30. The monoisotopic (exact) mass is 356 g/mol. The van der Waals surface area contributed by atoms with Crippen molar-refractivity contribution in [1.82, 2.24) is 21.0 Å². The summed E-state index contributed by atoms with van der Waals surface area (Å²) in [5.74, 6) is -0.963. The van der Waals surface area contributed by atoms with Crippen molar-refractivity contribution in [1.29, 1.82) is 0 Å². The van der Waals surface area contributed by atoms with Gasteiger partial charge in [-0.05, 0) is 24.3 Å². The van der Waals surface area contributed by atoms with Gasteiger partial charge in [0, 0.05) is 16.0 Å². The van der Waals surface area contributed by atoms with Gasteiger partial charge in [-0.25, -0.2) is 5.10 Å². The van der Waals surface area contributed by atoms with E-state index in [9.17, 15) is 14.4 Å². The molecule has 0 aliphatic rings. The van der Waals surface area contributed by atoms with Crippen molar-refractivity contribution in [3.63, 3.8) is 0 Å². The number of aromatic amines is 1. The standard InChI is InChI=1S/C17H13ClN4O3/c18-11-5-3-4-10(8-11)16(24)21-20-15(23)9-14-12-6-1-2-7-13(12)17(25)22-19-14/h1-8H,9H2,(H,20,23)(H,21,24)(H,22,25). The van der Waals surface area contributed by atoms with E-state index in [4.69, 9.17) is 11.6 Å². The average Bonchev–Trinajstić information content (AvgIpc) is 2.62. The Balaban J connectivity index is 1.68. The number of hydrazine groups is 1. The van der Waals surface area contributed by atoms with E-state index in [2.05, 4.69) is 21.0 Å². The quantitative estimate of drug-likeness (QED) is 0.620. The maximum atomic E-state index is 12.1. The average molecular weight is 357 g/mol. The van der Waals surface area contributed by atoms with Crippen LogP contribution in [0.3, 0.4) is 0 Å². The number of nitrogens with zero attached hydrogens (tertiary/aromatic N) is 1. The van der Waals surface area contributed by atoms with Crippen molar-refractivity contribution < 1.29 is 9.59 Å². The molecule has 0 unspecified atom stereocenters. The van der Waals surface area contributed by atoms with E-state index >= 15 is 0 Å². The zero-order valence-electron chi connectivity index (χ0n) is 12.9. The third-order valence-electron chi connectivity index (χ3n) is 3.51. The van der Waals surface area contributed by atoms with Crippen LogP contribution in [0.2, 0.25) is 5.02 Å². The SMILES string of the molecule is O=C(Cc1n[nH]c(=O)c2ccccc12)NNC(=O)c1cccc(Cl)c1. The lowest BCUT2D eigenvalue weighted by molar-refractivity contribution is -0.121. The Morgan fingerprint density at radius 2 is 1.80 bits per heavy atom. The number of hydrogen-bond donors (Lipinski definition) is 3. The van der Waals surface area contributed by atoms with Gasteiger partial charge in [-0.1, -0.05) is 35.9 Å². The molecule has 0 spiro atoms. The highest BCUT2D eigenvalue weighted by Crippen LogP contribution is 2.13. The fourth-order valence-electron chi connectivity index (χ4n) is 2.33. The van der Waals surface area contributed by atoms with Gasteiger partial charge in [-0.2, -0.15) is 5.10 Å². The second kappa shape index (κ2) is 7.14. The highest BCUT2D eigenvalue weighted by Gasteiger charge is 2.12. The van der Waals surface area contributed by atoms with Gasteiger partial charge >= 0.3 is 0 Å². The first-order valence-electron chi connectivity index (χ1n) is 7.35. The van der Waals surface area contributed by atoms with Crippen molar-refractivity contribution >= 4 is 34.2 Å². The number of hydrogen-bond acceptors (Lipinski definition) is 4. The molecule has 3 N–H and O–H groups in total. The summed E-state index contributed by atoms with van der Waals surface area (Å²) < 4.78 is 0. The number of nitrogens with one attached hydrogen (secondary N) is 3. The van der Waals surface area contributed by atoms with Crippen LogP contribution in [-0.2, 0) is 11.2 Å². The lowest BCUT2D eigenvalue weighted by Crippen LogP contribution is -2.42. The molecule has 2 aromatic carbocycles. The minimum Gasteiger partial charge on any atom is -0.273 e. The summed E-state index contributed by atoms with van der Waals surface area (Å²) in [6.07, 6.45) is -0.104. The van der Waals surface area contributed by atoms with Crippen LogP contribution < -0.4 is 16.4 Å². The van der Waals surface area contributed by atoms with Crippen molar-refractivity contribution in [2.45, 2.75) is 6.42 Å². The third-order valence-corrected chi connectivity index (χ3v) is 3.74. The van der Waals surface area contributed by atoms with Gasteiger partial charge in [-0.15, -0.1) is 0 Å². The van der Waals surface area contributed by atoms with E-state index in [0.717, 1.165) is 0 Å². The highest BCUT2D eigenvalue weighted by atomic mass is 35.5. The summed E-state index contributed by atoms with van der Waals surface area (Å²) in [6, 6.07) is 13.2. The van der Waals surface area contributed by atoms with Crippen LogP contribution in [0.15, 0.2) is 53.3 Å². The molecule has 3 aromatic rings. The van der Waals surface area contributed by atoms with Crippen LogP contribution in [0.5, 0.6) is 0 Å². The molecule has 0 aliphatic heterocycles. The molecule has 8 heteroatoms. The molecule has 0 aliphatic carbocycles.